The van der Waals surface area contributed by atoms with Gasteiger partial charge in [0.15, 0.2) is 5.92 Å². The first-order valence-corrected chi connectivity index (χ1v) is 7.00. The van der Waals surface area contributed by atoms with Crippen molar-refractivity contribution in [3.8, 4) is 0 Å². The van der Waals surface area contributed by atoms with Gasteiger partial charge in [-0.25, -0.2) is 0 Å². The Labute approximate surface area is 120 Å². The van der Waals surface area contributed by atoms with Gasteiger partial charge in [-0.1, -0.05) is 19.9 Å². The predicted octanol–water partition coefficient (Wildman–Crippen LogP) is 2.43. The highest BCUT2D eigenvalue weighted by molar-refractivity contribution is 5.99. The van der Waals surface area contributed by atoms with E-state index in [1.807, 2.05) is 6.92 Å². The van der Waals surface area contributed by atoms with Crippen LogP contribution < -0.4 is 0 Å². The normalized spacial score (nSPS) is 10.2. The lowest BCUT2D eigenvalue weighted by Crippen LogP contribution is -2.30. The maximum atomic E-state index is 11.8. The number of ketones is 1. The summed E-state index contributed by atoms with van der Waals surface area (Å²) in [5.41, 5.74) is 0.239. The molecule has 114 valence electrons. The topological polar surface area (TPSA) is 69.7 Å². The zero-order chi connectivity index (χ0) is 15.5. The maximum absolute atomic E-state index is 11.8. The lowest BCUT2D eigenvalue weighted by Gasteiger charge is -2.16. The molecule has 0 saturated carbocycles. The molecule has 5 heteroatoms. The number of Topliss-reactive ketones (excluding diaryl/α,β-unsaturated/α-hetero) is 1. The van der Waals surface area contributed by atoms with Crippen molar-refractivity contribution in [3.05, 3.63) is 12.2 Å². The van der Waals surface area contributed by atoms with E-state index in [2.05, 4.69) is 6.58 Å². The lowest BCUT2D eigenvalue weighted by molar-refractivity contribution is -0.159. The van der Waals surface area contributed by atoms with E-state index in [0.29, 0.717) is 6.42 Å². The fourth-order valence-corrected chi connectivity index (χ4v) is 1.70. The van der Waals surface area contributed by atoms with Gasteiger partial charge in [-0.05, 0) is 25.8 Å². The quantitative estimate of drug-likeness (QED) is 0.350. The van der Waals surface area contributed by atoms with Crippen LogP contribution in [0.25, 0.3) is 0 Å². The Morgan fingerprint density at radius 3 is 1.90 bits per heavy atom. The van der Waals surface area contributed by atoms with Crippen LogP contribution >= 0.6 is 0 Å². The van der Waals surface area contributed by atoms with E-state index in [4.69, 9.17) is 9.47 Å². The molecule has 0 N–H and O–H groups in total. The average molecular weight is 284 g/mol. The van der Waals surface area contributed by atoms with Crippen LogP contribution in [-0.2, 0) is 23.9 Å². The number of unbranched alkanes of at least 4 members (excludes halogenated alkanes) is 1. The molecule has 0 aliphatic carbocycles. The predicted molar refractivity (Wildman–Crippen MR) is 75.0 cm³/mol. The lowest BCUT2D eigenvalue weighted by atomic mass is 9.94. The zero-order valence-corrected chi connectivity index (χ0v) is 12.6. The van der Waals surface area contributed by atoms with Gasteiger partial charge >= 0.3 is 11.9 Å². The van der Waals surface area contributed by atoms with Gasteiger partial charge in [-0.3, -0.25) is 14.4 Å². The van der Waals surface area contributed by atoms with Crippen molar-refractivity contribution >= 4 is 17.7 Å². The van der Waals surface area contributed by atoms with E-state index in [0.717, 1.165) is 12.8 Å². The summed E-state index contributed by atoms with van der Waals surface area (Å²) in [6.45, 7) is 9.29. The van der Waals surface area contributed by atoms with Crippen LogP contribution in [0.15, 0.2) is 12.2 Å². The maximum Gasteiger partial charge on any atom is 0.324 e. The van der Waals surface area contributed by atoms with Gasteiger partial charge < -0.3 is 9.47 Å². The third-order valence-electron chi connectivity index (χ3n) is 2.69. The second-order valence-corrected chi connectivity index (χ2v) is 4.41. The van der Waals surface area contributed by atoms with Crippen molar-refractivity contribution < 1.29 is 23.9 Å². The Kier molecular flexibility index (Phi) is 9.34. The molecule has 0 heterocycles. The van der Waals surface area contributed by atoms with Gasteiger partial charge in [0.05, 0.1) is 13.2 Å². The highest BCUT2D eigenvalue weighted by Crippen LogP contribution is 2.19. The second-order valence-electron chi connectivity index (χ2n) is 4.41. The van der Waals surface area contributed by atoms with E-state index in [-0.39, 0.29) is 31.0 Å². The van der Waals surface area contributed by atoms with Crippen molar-refractivity contribution in [2.24, 2.45) is 5.92 Å². The molecule has 0 fully saturated rings. The third kappa shape index (κ3) is 6.50. The molecule has 0 aromatic heterocycles. The van der Waals surface area contributed by atoms with Crippen molar-refractivity contribution in [2.45, 2.75) is 46.5 Å². The van der Waals surface area contributed by atoms with Crippen molar-refractivity contribution in [1.82, 2.24) is 0 Å². The van der Waals surface area contributed by atoms with Gasteiger partial charge in [0.25, 0.3) is 0 Å². The molecule has 5 nitrogen and oxygen atoms in total. The smallest absolute Gasteiger partial charge is 0.324 e. The molecule has 0 spiro atoms. The van der Waals surface area contributed by atoms with Gasteiger partial charge in [-0.2, -0.15) is 0 Å². The minimum Gasteiger partial charge on any atom is -0.465 e. The molecule has 0 aromatic rings. The number of carbonyl (C=O) groups excluding carboxylic acids is 3. The molecule has 20 heavy (non-hydrogen) atoms. The molecule has 0 amide bonds. The molecule has 0 aliphatic rings. The number of rotatable bonds is 10. The molecule has 0 radical (unpaired) electrons. The average Bonchev–Trinajstić information content (AvgIpc) is 2.37. The Morgan fingerprint density at radius 1 is 1.00 bits per heavy atom. The second kappa shape index (κ2) is 10.2. The summed E-state index contributed by atoms with van der Waals surface area (Å²) in [6, 6.07) is 0. The largest absolute Gasteiger partial charge is 0.465 e. The van der Waals surface area contributed by atoms with E-state index in [1.54, 1.807) is 13.8 Å². The van der Waals surface area contributed by atoms with Crippen LogP contribution in [-0.4, -0.2) is 30.9 Å². The fourth-order valence-electron chi connectivity index (χ4n) is 1.70. The molecular weight excluding hydrogens is 260 g/mol. The van der Waals surface area contributed by atoms with E-state index < -0.39 is 17.9 Å². The van der Waals surface area contributed by atoms with Crippen molar-refractivity contribution in [3.63, 3.8) is 0 Å². The van der Waals surface area contributed by atoms with Crippen LogP contribution in [0.4, 0.5) is 0 Å². The molecule has 0 bridgehead atoms. The molecule has 0 aliphatic heterocycles. The van der Waals surface area contributed by atoms with Crippen LogP contribution in [0.1, 0.15) is 46.5 Å². The number of hydrogen-bond donors (Lipinski definition) is 0. The number of hydrogen-bond acceptors (Lipinski definition) is 5. The standard InChI is InChI=1S/C15H24O5/c1-5-8-9-12(16)10-11(4)13(14(17)19-6-2)15(18)20-7-3/h13H,4-10H2,1-3H3. The molecule has 0 saturated heterocycles. The summed E-state index contributed by atoms with van der Waals surface area (Å²) in [4.78, 5) is 35.3. The monoisotopic (exact) mass is 284 g/mol. The SMILES string of the molecule is C=C(CC(=O)CCCC)C(C(=O)OCC)C(=O)OCC. The highest BCUT2D eigenvalue weighted by atomic mass is 16.6. The number of ether oxygens (including phenoxy) is 2. The minimum atomic E-state index is -1.21. The van der Waals surface area contributed by atoms with Gasteiger partial charge in [0.2, 0.25) is 0 Å². The van der Waals surface area contributed by atoms with Crippen LogP contribution in [0.5, 0.6) is 0 Å². The molecular formula is C15H24O5. The number of carbonyl (C=O) groups is 3. The van der Waals surface area contributed by atoms with Crippen molar-refractivity contribution in [2.75, 3.05) is 13.2 Å². The number of esters is 2. The Bertz CT molecular complexity index is 341. The first-order chi connectivity index (χ1) is 9.47. The van der Waals surface area contributed by atoms with E-state index >= 15 is 0 Å². The summed E-state index contributed by atoms with van der Waals surface area (Å²) >= 11 is 0. The summed E-state index contributed by atoms with van der Waals surface area (Å²) in [6.07, 6.45) is 2.13. The van der Waals surface area contributed by atoms with Crippen LogP contribution in [0, 0.1) is 5.92 Å². The van der Waals surface area contributed by atoms with Gasteiger partial charge in [0, 0.05) is 12.8 Å². The van der Waals surface area contributed by atoms with Crippen molar-refractivity contribution in [1.29, 1.82) is 0 Å². The van der Waals surface area contributed by atoms with Gasteiger partial charge in [0.1, 0.15) is 5.78 Å². The minimum absolute atomic E-state index is 0.00228. The Balaban J connectivity index is 4.75. The Morgan fingerprint density at radius 2 is 1.50 bits per heavy atom. The summed E-state index contributed by atoms with van der Waals surface area (Å²) in [7, 11) is 0. The first kappa shape index (κ1) is 18.4. The van der Waals surface area contributed by atoms with Gasteiger partial charge in [-0.15, -0.1) is 0 Å². The zero-order valence-electron chi connectivity index (χ0n) is 12.6. The summed E-state index contributed by atoms with van der Waals surface area (Å²) < 4.78 is 9.69. The molecule has 0 rings (SSSR count). The summed E-state index contributed by atoms with van der Waals surface area (Å²) in [5.74, 6) is -2.66. The van der Waals surface area contributed by atoms with E-state index in [9.17, 15) is 14.4 Å². The molecule has 0 atom stereocenters. The van der Waals surface area contributed by atoms with Crippen LogP contribution in [0.2, 0.25) is 0 Å². The first-order valence-electron chi connectivity index (χ1n) is 7.00. The van der Waals surface area contributed by atoms with E-state index in [1.165, 1.54) is 0 Å². The third-order valence-corrected chi connectivity index (χ3v) is 2.69. The fraction of sp³-hybridized carbons (Fsp3) is 0.667. The molecule has 0 aromatic carbocycles. The Hall–Kier alpha value is -1.65. The van der Waals surface area contributed by atoms with Crippen LogP contribution in [0.3, 0.4) is 0 Å². The summed E-state index contributed by atoms with van der Waals surface area (Å²) in [5, 5.41) is 0. The molecule has 0 unspecified atom stereocenters. The highest BCUT2D eigenvalue weighted by Gasteiger charge is 2.32.